The third-order valence-electron chi connectivity index (χ3n) is 7.63. The number of fused-ring (bicyclic) bond motifs is 1. The molecule has 4 heterocycles. The van der Waals surface area contributed by atoms with Crippen LogP contribution in [0.5, 0.6) is 5.75 Å². The number of nitrogens with zero attached hydrogens (tertiary/aromatic N) is 6. The van der Waals surface area contributed by atoms with E-state index in [1.807, 2.05) is 29.8 Å². The number of nitrogens with one attached hydrogen (secondary N) is 2. The van der Waals surface area contributed by atoms with E-state index >= 15 is 0 Å². The van der Waals surface area contributed by atoms with Gasteiger partial charge in [0, 0.05) is 71.3 Å². The van der Waals surface area contributed by atoms with Crippen molar-refractivity contribution in [1.29, 1.82) is 0 Å². The molecule has 1 unspecified atom stereocenters. The number of anilines is 2. The van der Waals surface area contributed by atoms with Crippen LogP contribution in [-0.4, -0.2) is 63.4 Å². The third-order valence-corrected chi connectivity index (χ3v) is 8.23. The van der Waals surface area contributed by atoms with E-state index < -0.39 is 5.41 Å². The van der Waals surface area contributed by atoms with Gasteiger partial charge in [0.15, 0.2) is 5.65 Å². The molecule has 1 aliphatic heterocycles. The molecule has 2 N–H and O–H groups in total. The number of piperidine rings is 1. The Hall–Kier alpha value is -3.14. The second-order valence-electron chi connectivity index (χ2n) is 10.9. The number of halogens is 2. The topological polar surface area (TPSA) is 92.5 Å². The highest BCUT2D eigenvalue weighted by Gasteiger charge is 2.34. The van der Waals surface area contributed by atoms with Gasteiger partial charge in [-0.1, -0.05) is 37.0 Å². The first-order chi connectivity index (χ1) is 19.2. The molecule has 0 spiro atoms. The van der Waals surface area contributed by atoms with Crippen molar-refractivity contribution in [2.45, 2.75) is 58.0 Å². The van der Waals surface area contributed by atoms with Crippen LogP contribution in [0.15, 0.2) is 42.9 Å². The Balaban J connectivity index is 1.28. The third kappa shape index (κ3) is 5.68. The Morgan fingerprint density at radius 3 is 2.38 bits per heavy atom. The number of benzene rings is 1. The van der Waals surface area contributed by atoms with Gasteiger partial charge in [-0.05, 0) is 56.5 Å². The van der Waals surface area contributed by atoms with E-state index in [-0.39, 0.29) is 6.04 Å². The zero-order valence-corrected chi connectivity index (χ0v) is 25.1. The van der Waals surface area contributed by atoms with E-state index in [0.717, 1.165) is 66.7 Å². The van der Waals surface area contributed by atoms with Crippen molar-refractivity contribution in [2.24, 2.45) is 0 Å². The van der Waals surface area contributed by atoms with E-state index in [0.29, 0.717) is 21.8 Å². The maximum atomic E-state index is 6.71. The summed E-state index contributed by atoms with van der Waals surface area (Å²) in [5, 5.41) is 13.3. The molecule has 1 atom stereocenters. The molecule has 40 heavy (non-hydrogen) atoms. The summed E-state index contributed by atoms with van der Waals surface area (Å²) in [6, 6.07) is 8.10. The summed E-state index contributed by atoms with van der Waals surface area (Å²) in [7, 11) is 1.60. The predicted octanol–water partition coefficient (Wildman–Crippen LogP) is 5.53. The lowest BCUT2D eigenvalue weighted by Gasteiger charge is -2.34. The normalized spacial score (nSPS) is 15.4. The van der Waals surface area contributed by atoms with Crippen LogP contribution in [0, 0.1) is 6.92 Å². The van der Waals surface area contributed by atoms with E-state index in [1.165, 1.54) is 0 Å². The lowest BCUT2D eigenvalue weighted by Crippen LogP contribution is -2.47. The lowest BCUT2D eigenvalue weighted by molar-refractivity contribution is 0.380. The molecule has 0 amide bonds. The molecule has 11 heteroatoms. The van der Waals surface area contributed by atoms with Crippen molar-refractivity contribution in [3.05, 3.63) is 69.7 Å². The van der Waals surface area contributed by atoms with Crippen LogP contribution in [0.2, 0.25) is 10.0 Å². The van der Waals surface area contributed by atoms with E-state index in [4.69, 9.17) is 38.0 Å². The number of methoxy groups -OCH3 is 1. The van der Waals surface area contributed by atoms with Crippen molar-refractivity contribution in [3.8, 4) is 5.75 Å². The number of aryl methyl sites for hydroxylation is 1. The number of aromatic nitrogens is 5. The van der Waals surface area contributed by atoms with Crippen LogP contribution in [-0.2, 0) is 5.41 Å². The fourth-order valence-corrected chi connectivity index (χ4v) is 6.67. The second-order valence-corrected chi connectivity index (χ2v) is 11.7. The van der Waals surface area contributed by atoms with Gasteiger partial charge in [0.25, 0.3) is 0 Å². The standard InChI is InChI=1S/C29H36Cl2N8O/c1-18(36-20-8-13-38(14-9-20)28-33-10-6-11-34-28)17-35-24-7-12-32-27-25(19(2)37-39(24)27)29(3,4)26-22(30)15-21(40-5)16-23(26)31/h6-7,10-12,15-16,18,20,35-36H,8-9,13-14,17H2,1-5H3. The number of hydrogen-bond acceptors (Lipinski definition) is 8. The molecule has 0 bridgehead atoms. The van der Waals surface area contributed by atoms with Crippen LogP contribution >= 0.6 is 23.2 Å². The van der Waals surface area contributed by atoms with Crippen molar-refractivity contribution < 1.29 is 4.74 Å². The van der Waals surface area contributed by atoms with Crippen molar-refractivity contribution in [1.82, 2.24) is 29.9 Å². The van der Waals surface area contributed by atoms with Crippen LogP contribution < -0.4 is 20.3 Å². The summed E-state index contributed by atoms with van der Waals surface area (Å²) >= 11 is 13.4. The van der Waals surface area contributed by atoms with Crippen molar-refractivity contribution >= 4 is 40.6 Å². The summed E-state index contributed by atoms with van der Waals surface area (Å²) in [5.74, 6) is 2.31. The number of rotatable bonds is 9. The monoisotopic (exact) mass is 582 g/mol. The van der Waals surface area contributed by atoms with Gasteiger partial charge in [0.05, 0.1) is 12.8 Å². The molecule has 3 aromatic heterocycles. The zero-order chi connectivity index (χ0) is 28.4. The zero-order valence-electron chi connectivity index (χ0n) is 23.6. The molecule has 9 nitrogen and oxygen atoms in total. The summed E-state index contributed by atoms with van der Waals surface area (Å²) < 4.78 is 7.22. The second kappa shape index (κ2) is 11.8. The minimum absolute atomic E-state index is 0.261. The highest BCUT2D eigenvalue weighted by atomic mass is 35.5. The van der Waals surface area contributed by atoms with Gasteiger partial charge in [0.1, 0.15) is 11.6 Å². The first-order valence-corrected chi connectivity index (χ1v) is 14.3. The molecule has 0 saturated carbocycles. The number of ether oxygens (including phenoxy) is 1. The van der Waals surface area contributed by atoms with Gasteiger partial charge in [-0.15, -0.1) is 0 Å². The van der Waals surface area contributed by atoms with E-state index in [2.05, 4.69) is 46.3 Å². The average molecular weight is 584 g/mol. The summed E-state index contributed by atoms with van der Waals surface area (Å²) in [6.45, 7) is 11.0. The summed E-state index contributed by atoms with van der Waals surface area (Å²) in [6.07, 6.45) is 7.51. The Morgan fingerprint density at radius 2 is 1.73 bits per heavy atom. The minimum atomic E-state index is -0.549. The van der Waals surface area contributed by atoms with Gasteiger partial charge in [0.2, 0.25) is 5.95 Å². The van der Waals surface area contributed by atoms with Gasteiger partial charge < -0.3 is 20.3 Å². The SMILES string of the molecule is COc1cc(Cl)c(C(C)(C)c2c(C)nn3c(NCC(C)NC4CCN(c5ncccn5)CC4)ccnc23)c(Cl)c1. The first kappa shape index (κ1) is 28.4. The Morgan fingerprint density at radius 1 is 1.05 bits per heavy atom. The van der Waals surface area contributed by atoms with Gasteiger partial charge >= 0.3 is 0 Å². The average Bonchev–Trinajstić information content (AvgIpc) is 3.29. The van der Waals surface area contributed by atoms with E-state index in [1.54, 1.807) is 31.6 Å². The molecule has 1 fully saturated rings. The highest BCUT2D eigenvalue weighted by molar-refractivity contribution is 6.36. The molecule has 5 rings (SSSR count). The summed E-state index contributed by atoms with van der Waals surface area (Å²) in [5.41, 5.74) is 2.89. The molecule has 0 radical (unpaired) electrons. The van der Waals surface area contributed by atoms with Crippen LogP contribution in [0.25, 0.3) is 5.65 Å². The minimum Gasteiger partial charge on any atom is -0.497 e. The highest BCUT2D eigenvalue weighted by Crippen LogP contribution is 2.44. The van der Waals surface area contributed by atoms with Crippen molar-refractivity contribution in [2.75, 3.05) is 37.0 Å². The maximum Gasteiger partial charge on any atom is 0.225 e. The fraction of sp³-hybridized carbons (Fsp3) is 0.448. The Kier molecular flexibility index (Phi) is 8.35. The van der Waals surface area contributed by atoms with Crippen LogP contribution in [0.4, 0.5) is 11.8 Å². The van der Waals surface area contributed by atoms with Crippen molar-refractivity contribution in [3.63, 3.8) is 0 Å². The quantitative estimate of drug-likeness (QED) is 0.266. The first-order valence-electron chi connectivity index (χ1n) is 13.6. The van der Waals surface area contributed by atoms with Gasteiger partial charge in [-0.25, -0.2) is 15.0 Å². The largest absolute Gasteiger partial charge is 0.497 e. The van der Waals surface area contributed by atoms with Crippen LogP contribution in [0.3, 0.4) is 0 Å². The molecular weight excluding hydrogens is 547 g/mol. The van der Waals surface area contributed by atoms with Gasteiger partial charge in [-0.2, -0.15) is 9.61 Å². The molecule has 0 aliphatic carbocycles. The molecule has 1 aromatic carbocycles. The van der Waals surface area contributed by atoms with E-state index in [9.17, 15) is 0 Å². The maximum absolute atomic E-state index is 6.71. The number of hydrogen-bond donors (Lipinski definition) is 2. The Labute approximate surface area is 245 Å². The predicted molar refractivity (Wildman–Crippen MR) is 161 cm³/mol. The smallest absolute Gasteiger partial charge is 0.225 e. The Bertz CT molecular complexity index is 1440. The lowest BCUT2D eigenvalue weighted by atomic mass is 9.77. The molecule has 212 valence electrons. The van der Waals surface area contributed by atoms with Gasteiger partial charge in [-0.3, -0.25) is 0 Å². The summed E-state index contributed by atoms with van der Waals surface area (Å²) in [4.78, 5) is 15.7. The fourth-order valence-electron chi connectivity index (χ4n) is 5.73. The van der Waals surface area contributed by atoms with Crippen LogP contribution in [0.1, 0.15) is 50.4 Å². The molecule has 4 aromatic rings. The molecular formula is C29H36Cl2N8O. The molecule has 1 aliphatic rings. The molecule has 1 saturated heterocycles.